The van der Waals surface area contributed by atoms with Crippen LogP contribution in [0.3, 0.4) is 0 Å². The maximum Gasteiger partial charge on any atom is 0.327 e. The second kappa shape index (κ2) is 7.88. The van der Waals surface area contributed by atoms with E-state index in [2.05, 4.69) is 5.32 Å². The third kappa shape index (κ3) is 5.06. The second-order valence-corrected chi connectivity index (χ2v) is 8.49. The Labute approximate surface area is 129 Å². The van der Waals surface area contributed by atoms with E-state index in [1.54, 1.807) is 6.92 Å². The Morgan fingerprint density at radius 2 is 2.05 bits per heavy atom. The molecule has 1 fully saturated rings. The highest BCUT2D eigenvalue weighted by Gasteiger charge is 2.41. The molecule has 2 unspecified atom stereocenters. The number of carboxylic acids is 1. The molecule has 1 heterocycles. The minimum Gasteiger partial charge on any atom is -0.480 e. The quantitative estimate of drug-likeness (QED) is 0.710. The summed E-state index contributed by atoms with van der Waals surface area (Å²) < 4.78 is 22.8. The average molecular weight is 338 g/mol. The minimum absolute atomic E-state index is 0.00135. The van der Waals surface area contributed by atoms with Gasteiger partial charge in [-0.3, -0.25) is 4.90 Å². The molecular formula is C12H22N2O5S2. The van der Waals surface area contributed by atoms with E-state index in [0.29, 0.717) is 5.75 Å². The van der Waals surface area contributed by atoms with Gasteiger partial charge in [0.2, 0.25) is 0 Å². The number of urea groups is 1. The van der Waals surface area contributed by atoms with Crippen molar-refractivity contribution in [3.8, 4) is 0 Å². The average Bonchev–Trinajstić information content (AvgIpc) is 2.83. The molecule has 1 aliphatic heterocycles. The smallest absolute Gasteiger partial charge is 0.327 e. The predicted molar refractivity (Wildman–Crippen MR) is 82.1 cm³/mol. The number of carboxylic acid groups (broad SMARTS) is 1. The molecule has 9 heteroatoms. The van der Waals surface area contributed by atoms with Crippen molar-refractivity contribution in [3.05, 3.63) is 0 Å². The van der Waals surface area contributed by atoms with E-state index in [-0.39, 0.29) is 23.4 Å². The Kier molecular flexibility index (Phi) is 6.79. The van der Waals surface area contributed by atoms with Crippen LogP contribution in [-0.4, -0.2) is 65.6 Å². The van der Waals surface area contributed by atoms with Crippen molar-refractivity contribution < 1.29 is 23.1 Å². The minimum atomic E-state index is -3.15. The van der Waals surface area contributed by atoms with Crippen molar-refractivity contribution >= 4 is 33.6 Å². The third-order valence-corrected chi connectivity index (χ3v) is 6.34. The largest absolute Gasteiger partial charge is 0.480 e. The molecule has 1 rings (SSSR count). The standard InChI is InChI=1S/C12H22N2O5S2/c1-3-5-10-14(9(8-20-10)11(15)16)12(17)13-6-7-21(18,19)4-2/h9-10H,3-8H2,1-2H3,(H,13,17)(H,15,16). The van der Waals surface area contributed by atoms with Crippen LogP contribution in [0.25, 0.3) is 0 Å². The molecule has 0 bridgehead atoms. The zero-order valence-electron chi connectivity index (χ0n) is 12.2. The van der Waals surface area contributed by atoms with Gasteiger partial charge in [-0.2, -0.15) is 0 Å². The van der Waals surface area contributed by atoms with Crippen molar-refractivity contribution in [1.29, 1.82) is 0 Å². The molecule has 0 radical (unpaired) electrons. The van der Waals surface area contributed by atoms with Gasteiger partial charge in [-0.05, 0) is 6.42 Å². The summed E-state index contributed by atoms with van der Waals surface area (Å²) in [6, 6.07) is -1.36. The normalized spacial score (nSPS) is 22.3. The van der Waals surface area contributed by atoms with E-state index in [4.69, 9.17) is 0 Å². The van der Waals surface area contributed by atoms with E-state index in [9.17, 15) is 23.1 Å². The molecule has 0 aromatic heterocycles. The molecular weight excluding hydrogens is 316 g/mol. The van der Waals surface area contributed by atoms with Crippen LogP contribution in [0.1, 0.15) is 26.7 Å². The molecule has 0 spiro atoms. The summed E-state index contributed by atoms with van der Waals surface area (Å²) in [5.41, 5.74) is 0. The maximum atomic E-state index is 12.2. The lowest BCUT2D eigenvalue weighted by Crippen LogP contribution is -2.50. The number of rotatable bonds is 7. The van der Waals surface area contributed by atoms with Gasteiger partial charge in [-0.25, -0.2) is 18.0 Å². The van der Waals surface area contributed by atoms with Crippen molar-refractivity contribution in [1.82, 2.24) is 10.2 Å². The van der Waals surface area contributed by atoms with Gasteiger partial charge >= 0.3 is 12.0 Å². The van der Waals surface area contributed by atoms with Gasteiger partial charge in [0.15, 0.2) is 9.84 Å². The molecule has 2 amide bonds. The first-order chi connectivity index (χ1) is 9.82. The zero-order valence-corrected chi connectivity index (χ0v) is 13.9. The Morgan fingerprint density at radius 3 is 2.57 bits per heavy atom. The fraction of sp³-hybridized carbons (Fsp3) is 0.833. The summed E-state index contributed by atoms with van der Waals surface area (Å²) in [4.78, 5) is 24.7. The van der Waals surface area contributed by atoms with E-state index in [1.165, 1.54) is 16.7 Å². The highest BCUT2D eigenvalue weighted by atomic mass is 32.2. The number of aliphatic carboxylic acids is 1. The Hall–Kier alpha value is -0.960. The van der Waals surface area contributed by atoms with Gasteiger partial charge in [-0.1, -0.05) is 20.3 Å². The Bertz CT molecular complexity index is 480. The topological polar surface area (TPSA) is 104 Å². The zero-order chi connectivity index (χ0) is 16.0. The van der Waals surface area contributed by atoms with E-state index in [1.807, 2.05) is 6.92 Å². The third-order valence-electron chi connectivity index (χ3n) is 3.28. The monoisotopic (exact) mass is 338 g/mol. The molecule has 2 N–H and O–H groups in total. The molecule has 0 aromatic rings. The number of hydrogen-bond donors (Lipinski definition) is 2. The molecule has 122 valence electrons. The summed E-state index contributed by atoms with van der Waals surface area (Å²) in [7, 11) is -3.15. The number of sulfone groups is 1. The lowest BCUT2D eigenvalue weighted by Gasteiger charge is -2.27. The van der Waals surface area contributed by atoms with Crippen LogP contribution in [0.2, 0.25) is 0 Å². The van der Waals surface area contributed by atoms with Crippen LogP contribution >= 0.6 is 11.8 Å². The summed E-state index contributed by atoms with van der Waals surface area (Å²) in [5, 5.41) is 11.5. The van der Waals surface area contributed by atoms with Crippen LogP contribution in [0.15, 0.2) is 0 Å². The van der Waals surface area contributed by atoms with Crippen LogP contribution < -0.4 is 5.32 Å². The lowest BCUT2D eigenvalue weighted by molar-refractivity contribution is -0.141. The first-order valence-electron chi connectivity index (χ1n) is 6.93. The van der Waals surface area contributed by atoms with Crippen LogP contribution in [-0.2, 0) is 14.6 Å². The second-order valence-electron chi connectivity index (χ2n) is 4.81. The molecule has 1 saturated heterocycles. The number of nitrogens with zero attached hydrogens (tertiary/aromatic N) is 1. The van der Waals surface area contributed by atoms with E-state index in [0.717, 1.165) is 12.8 Å². The molecule has 2 atom stereocenters. The number of nitrogens with one attached hydrogen (secondary N) is 1. The summed E-state index contributed by atoms with van der Waals surface area (Å²) >= 11 is 1.45. The van der Waals surface area contributed by atoms with Crippen LogP contribution in [0, 0.1) is 0 Å². The molecule has 21 heavy (non-hydrogen) atoms. The SMILES string of the molecule is CCCC1SCC(C(=O)O)N1C(=O)NCCS(=O)(=O)CC. The predicted octanol–water partition coefficient (Wildman–Crippen LogP) is 0.759. The number of carbonyl (C=O) groups is 2. The first-order valence-corrected chi connectivity index (χ1v) is 9.80. The van der Waals surface area contributed by atoms with Gasteiger partial charge in [-0.15, -0.1) is 11.8 Å². The maximum absolute atomic E-state index is 12.2. The number of amides is 2. The first kappa shape index (κ1) is 18.1. The Morgan fingerprint density at radius 1 is 1.38 bits per heavy atom. The van der Waals surface area contributed by atoms with Crippen molar-refractivity contribution in [2.24, 2.45) is 0 Å². The van der Waals surface area contributed by atoms with Gasteiger partial charge in [0.25, 0.3) is 0 Å². The van der Waals surface area contributed by atoms with E-state index >= 15 is 0 Å². The molecule has 7 nitrogen and oxygen atoms in total. The number of carbonyl (C=O) groups excluding carboxylic acids is 1. The van der Waals surface area contributed by atoms with Crippen molar-refractivity contribution in [2.45, 2.75) is 38.1 Å². The van der Waals surface area contributed by atoms with Gasteiger partial charge in [0, 0.05) is 18.1 Å². The summed E-state index contributed by atoms with van der Waals surface area (Å²) in [6.45, 7) is 3.52. The van der Waals surface area contributed by atoms with Crippen LogP contribution in [0.4, 0.5) is 4.79 Å². The van der Waals surface area contributed by atoms with Gasteiger partial charge < -0.3 is 10.4 Å². The summed E-state index contributed by atoms with van der Waals surface area (Å²) in [6.07, 6.45) is 1.56. The van der Waals surface area contributed by atoms with Gasteiger partial charge in [0.1, 0.15) is 6.04 Å². The highest BCUT2D eigenvalue weighted by molar-refractivity contribution is 8.00. The lowest BCUT2D eigenvalue weighted by atomic mass is 10.2. The molecule has 0 aromatic carbocycles. The fourth-order valence-corrected chi connectivity index (χ4v) is 4.26. The van der Waals surface area contributed by atoms with Crippen molar-refractivity contribution in [3.63, 3.8) is 0 Å². The number of hydrogen-bond acceptors (Lipinski definition) is 5. The highest BCUT2D eigenvalue weighted by Crippen LogP contribution is 2.32. The fourth-order valence-electron chi connectivity index (χ4n) is 2.04. The Balaban J connectivity index is 2.65. The molecule has 0 aliphatic carbocycles. The summed E-state index contributed by atoms with van der Waals surface area (Å²) in [5.74, 6) is -0.774. The van der Waals surface area contributed by atoms with Gasteiger partial charge in [0.05, 0.1) is 11.1 Å². The van der Waals surface area contributed by atoms with E-state index < -0.39 is 27.9 Å². The van der Waals surface area contributed by atoms with Crippen LogP contribution in [0.5, 0.6) is 0 Å². The molecule has 1 aliphatic rings. The molecule has 0 saturated carbocycles. The van der Waals surface area contributed by atoms with Crippen molar-refractivity contribution in [2.75, 3.05) is 23.8 Å². The number of thioether (sulfide) groups is 1.